The summed E-state index contributed by atoms with van der Waals surface area (Å²) in [6.07, 6.45) is 6.64. The van der Waals surface area contributed by atoms with E-state index in [1.807, 2.05) is 43.5 Å². The van der Waals surface area contributed by atoms with Crippen LogP contribution in [0.3, 0.4) is 0 Å². The Hall–Kier alpha value is -2.88. The van der Waals surface area contributed by atoms with Crippen molar-refractivity contribution in [3.63, 3.8) is 0 Å². The average Bonchev–Trinajstić information content (AvgIpc) is 3.16. The molecule has 0 aliphatic rings. The van der Waals surface area contributed by atoms with Crippen LogP contribution in [-0.4, -0.2) is 15.6 Å². The molecule has 0 saturated heterocycles. The number of para-hydroxylation sites is 1. The Morgan fingerprint density at radius 3 is 2.71 bits per heavy atom. The molecule has 0 aliphatic carbocycles. The minimum Gasteiger partial charge on any atom is -0.461 e. The molecule has 104 valence electrons. The summed E-state index contributed by atoms with van der Waals surface area (Å²) in [5, 5.41) is 4.45. The number of furan rings is 1. The van der Waals surface area contributed by atoms with Crippen LogP contribution in [0.2, 0.25) is 0 Å². The van der Waals surface area contributed by atoms with E-state index in [0.717, 1.165) is 16.9 Å². The van der Waals surface area contributed by atoms with Gasteiger partial charge in [0, 0.05) is 11.8 Å². The maximum Gasteiger partial charge on any atom is 0.221 e. The van der Waals surface area contributed by atoms with E-state index in [1.54, 1.807) is 22.9 Å². The number of carbonyl (C=O) groups is 1. The van der Waals surface area contributed by atoms with Gasteiger partial charge in [-0.15, -0.1) is 0 Å². The summed E-state index contributed by atoms with van der Waals surface area (Å²) in [5.74, 6) is 0.172. The first-order chi connectivity index (χ1) is 10.2. The van der Waals surface area contributed by atoms with Crippen molar-refractivity contribution in [1.82, 2.24) is 9.78 Å². The van der Waals surface area contributed by atoms with Gasteiger partial charge in [0.1, 0.15) is 0 Å². The molecule has 0 bridgehead atoms. The number of aryl methyl sites for hydroxylation is 1. The van der Waals surface area contributed by atoms with Crippen LogP contribution in [0.25, 0.3) is 11.8 Å². The number of allylic oxidation sites excluding steroid dienone is 1. The zero-order valence-electron chi connectivity index (χ0n) is 11.6. The lowest BCUT2D eigenvalue weighted by Crippen LogP contribution is -1.93. The van der Waals surface area contributed by atoms with Crippen molar-refractivity contribution in [2.45, 2.75) is 6.92 Å². The molecular formula is C17H14N2O2. The second kappa shape index (κ2) is 5.63. The van der Waals surface area contributed by atoms with Gasteiger partial charge in [-0.1, -0.05) is 18.2 Å². The lowest BCUT2D eigenvalue weighted by Gasteiger charge is -1.98. The molecule has 3 aromatic rings. The van der Waals surface area contributed by atoms with E-state index in [4.69, 9.17) is 4.42 Å². The topological polar surface area (TPSA) is 48.0 Å². The molecule has 0 spiro atoms. The second-order valence-corrected chi connectivity index (χ2v) is 4.62. The standard InChI is InChI=1S/C17H14N2O2/c1-13-14(9-10-16(20)17-8-5-11-21-17)12-19(18-13)15-6-3-2-4-7-15/h2-12H,1H3/b10-9+. The molecule has 0 fully saturated rings. The highest BCUT2D eigenvalue weighted by molar-refractivity contribution is 6.04. The molecule has 0 atom stereocenters. The molecule has 0 N–H and O–H groups in total. The third-order valence-electron chi connectivity index (χ3n) is 3.14. The molecule has 0 saturated carbocycles. The van der Waals surface area contributed by atoms with Crippen molar-refractivity contribution in [2.75, 3.05) is 0 Å². The molecule has 21 heavy (non-hydrogen) atoms. The average molecular weight is 278 g/mol. The second-order valence-electron chi connectivity index (χ2n) is 4.62. The van der Waals surface area contributed by atoms with Gasteiger partial charge in [0.2, 0.25) is 5.78 Å². The van der Waals surface area contributed by atoms with Gasteiger partial charge in [0.25, 0.3) is 0 Å². The van der Waals surface area contributed by atoms with Crippen LogP contribution in [0.15, 0.2) is 65.4 Å². The van der Waals surface area contributed by atoms with Crippen molar-refractivity contribution in [1.29, 1.82) is 0 Å². The quantitative estimate of drug-likeness (QED) is 0.540. The molecule has 0 amide bonds. The summed E-state index contributed by atoms with van der Waals surface area (Å²) in [7, 11) is 0. The fourth-order valence-corrected chi connectivity index (χ4v) is 2.02. The summed E-state index contributed by atoms with van der Waals surface area (Å²) in [6, 6.07) is 13.2. The number of aromatic nitrogens is 2. The summed E-state index contributed by atoms with van der Waals surface area (Å²) < 4.78 is 6.86. The van der Waals surface area contributed by atoms with E-state index in [2.05, 4.69) is 5.10 Å². The maximum absolute atomic E-state index is 11.9. The molecule has 4 heteroatoms. The minimum atomic E-state index is -0.160. The third kappa shape index (κ3) is 2.84. The number of carbonyl (C=O) groups excluding carboxylic acids is 1. The number of ketones is 1. The van der Waals surface area contributed by atoms with Gasteiger partial charge >= 0.3 is 0 Å². The smallest absolute Gasteiger partial charge is 0.221 e. The Bertz CT molecular complexity index is 768. The van der Waals surface area contributed by atoms with Crippen LogP contribution in [0.5, 0.6) is 0 Å². The predicted molar refractivity (Wildman–Crippen MR) is 80.4 cm³/mol. The Balaban J connectivity index is 1.84. The monoisotopic (exact) mass is 278 g/mol. The van der Waals surface area contributed by atoms with Crippen LogP contribution >= 0.6 is 0 Å². The van der Waals surface area contributed by atoms with Gasteiger partial charge in [0.05, 0.1) is 17.6 Å². The molecule has 2 aromatic heterocycles. The maximum atomic E-state index is 11.9. The molecule has 4 nitrogen and oxygen atoms in total. The van der Waals surface area contributed by atoms with Crippen LogP contribution in [0, 0.1) is 6.92 Å². The van der Waals surface area contributed by atoms with E-state index in [0.29, 0.717) is 5.76 Å². The number of hydrogen-bond donors (Lipinski definition) is 0. The van der Waals surface area contributed by atoms with Crippen LogP contribution in [0.4, 0.5) is 0 Å². The van der Waals surface area contributed by atoms with Crippen LogP contribution in [0.1, 0.15) is 21.8 Å². The predicted octanol–water partition coefficient (Wildman–Crippen LogP) is 3.67. The molecule has 3 rings (SSSR count). The first-order valence-corrected chi connectivity index (χ1v) is 6.61. The van der Waals surface area contributed by atoms with E-state index in [-0.39, 0.29) is 5.78 Å². The zero-order valence-corrected chi connectivity index (χ0v) is 11.6. The van der Waals surface area contributed by atoms with E-state index in [9.17, 15) is 4.79 Å². The van der Waals surface area contributed by atoms with Crippen LogP contribution < -0.4 is 0 Å². The van der Waals surface area contributed by atoms with Gasteiger partial charge in [-0.3, -0.25) is 4.79 Å². The first-order valence-electron chi connectivity index (χ1n) is 6.61. The van der Waals surface area contributed by atoms with Crippen molar-refractivity contribution in [3.8, 4) is 5.69 Å². The fraction of sp³-hybridized carbons (Fsp3) is 0.0588. The Labute approximate surface area is 122 Å². The van der Waals surface area contributed by atoms with Crippen molar-refractivity contribution >= 4 is 11.9 Å². The van der Waals surface area contributed by atoms with Gasteiger partial charge in [-0.2, -0.15) is 5.10 Å². The van der Waals surface area contributed by atoms with Gasteiger partial charge < -0.3 is 4.42 Å². The SMILES string of the molecule is Cc1nn(-c2ccccc2)cc1/C=C/C(=O)c1ccco1. The molecule has 2 heterocycles. The number of benzene rings is 1. The highest BCUT2D eigenvalue weighted by Gasteiger charge is 2.06. The van der Waals surface area contributed by atoms with Crippen LogP contribution in [-0.2, 0) is 0 Å². The Morgan fingerprint density at radius 1 is 1.19 bits per heavy atom. The fourth-order valence-electron chi connectivity index (χ4n) is 2.02. The number of nitrogens with zero attached hydrogens (tertiary/aromatic N) is 2. The van der Waals surface area contributed by atoms with Gasteiger partial charge in [0.15, 0.2) is 5.76 Å². The lowest BCUT2D eigenvalue weighted by molar-refractivity contribution is 0.102. The van der Waals surface area contributed by atoms with E-state index in [1.165, 1.54) is 12.3 Å². The summed E-state index contributed by atoms with van der Waals surface area (Å²) in [4.78, 5) is 11.9. The van der Waals surface area contributed by atoms with Crippen molar-refractivity contribution in [2.24, 2.45) is 0 Å². The van der Waals surface area contributed by atoms with Gasteiger partial charge in [-0.25, -0.2) is 4.68 Å². The largest absolute Gasteiger partial charge is 0.461 e. The number of hydrogen-bond acceptors (Lipinski definition) is 3. The zero-order chi connectivity index (χ0) is 14.7. The minimum absolute atomic E-state index is 0.160. The number of rotatable bonds is 4. The van der Waals surface area contributed by atoms with Crippen molar-refractivity contribution in [3.05, 3.63) is 78.0 Å². The van der Waals surface area contributed by atoms with Gasteiger partial charge in [-0.05, 0) is 43.3 Å². The first kappa shape index (κ1) is 13.1. The van der Waals surface area contributed by atoms with E-state index >= 15 is 0 Å². The summed E-state index contributed by atoms with van der Waals surface area (Å²) in [5.41, 5.74) is 2.75. The van der Waals surface area contributed by atoms with Crippen molar-refractivity contribution < 1.29 is 9.21 Å². The Morgan fingerprint density at radius 2 is 2.00 bits per heavy atom. The Kier molecular flexibility index (Phi) is 3.51. The normalized spacial score (nSPS) is 11.1. The summed E-state index contributed by atoms with van der Waals surface area (Å²) in [6.45, 7) is 1.91. The molecule has 0 radical (unpaired) electrons. The highest BCUT2D eigenvalue weighted by atomic mass is 16.3. The summed E-state index contributed by atoms with van der Waals surface area (Å²) >= 11 is 0. The van der Waals surface area contributed by atoms with E-state index < -0.39 is 0 Å². The molecule has 0 unspecified atom stereocenters. The molecule has 1 aromatic carbocycles. The molecular weight excluding hydrogens is 264 g/mol. The highest BCUT2D eigenvalue weighted by Crippen LogP contribution is 2.13. The third-order valence-corrected chi connectivity index (χ3v) is 3.14. The molecule has 0 aliphatic heterocycles. The lowest BCUT2D eigenvalue weighted by atomic mass is 10.2.